The van der Waals surface area contributed by atoms with Crippen molar-refractivity contribution in [1.82, 2.24) is 14.9 Å². The van der Waals surface area contributed by atoms with Gasteiger partial charge in [-0.3, -0.25) is 9.59 Å². The number of ether oxygens (including phenoxy) is 2. The van der Waals surface area contributed by atoms with Crippen molar-refractivity contribution in [2.45, 2.75) is 38.2 Å². The normalized spacial score (nSPS) is 20.3. The van der Waals surface area contributed by atoms with E-state index in [1.54, 1.807) is 30.5 Å². The number of fused-ring (bicyclic) bond motifs is 2. The van der Waals surface area contributed by atoms with E-state index in [0.717, 1.165) is 36.0 Å². The van der Waals surface area contributed by atoms with Crippen molar-refractivity contribution < 1.29 is 19.1 Å². The van der Waals surface area contributed by atoms with Crippen LogP contribution in [-0.2, 0) is 15.9 Å². The van der Waals surface area contributed by atoms with Gasteiger partial charge in [0, 0.05) is 30.3 Å². The van der Waals surface area contributed by atoms with Crippen molar-refractivity contribution in [2.75, 3.05) is 6.61 Å². The maximum absolute atomic E-state index is 13.0. The summed E-state index contributed by atoms with van der Waals surface area (Å²) < 4.78 is 11.9. The molecule has 7 heteroatoms. The maximum Gasteiger partial charge on any atom is 0.263 e. The van der Waals surface area contributed by atoms with E-state index < -0.39 is 12.5 Å². The van der Waals surface area contributed by atoms with Crippen molar-refractivity contribution in [3.63, 3.8) is 0 Å². The van der Waals surface area contributed by atoms with Crippen LogP contribution in [-0.4, -0.2) is 45.8 Å². The number of pyridine rings is 1. The number of nitrogens with zero attached hydrogens (tertiary/aromatic N) is 2. The predicted molar refractivity (Wildman–Crippen MR) is 105 cm³/mol. The van der Waals surface area contributed by atoms with E-state index in [0.29, 0.717) is 24.2 Å². The number of hydrogen-bond acceptors (Lipinski definition) is 5. The van der Waals surface area contributed by atoms with Crippen molar-refractivity contribution in [3.05, 3.63) is 65.5 Å². The van der Waals surface area contributed by atoms with Gasteiger partial charge in [0.15, 0.2) is 6.29 Å². The van der Waals surface area contributed by atoms with Crippen molar-refractivity contribution >= 4 is 22.8 Å². The Balaban J connectivity index is 1.46. The van der Waals surface area contributed by atoms with Gasteiger partial charge in [-0.2, -0.15) is 0 Å². The monoisotopic (exact) mass is 391 g/mol. The number of amides is 2. The zero-order valence-electron chi connectivity index (χ0n) is 15.8. The average Bonchev–Trinajstić information content (AvgIpc) is 3.27. The third-order valence-electron chi connectivity index (χ3n) is 5.40. The molecular weight excluding hydrogens is 370 g/mol. The highest BCUT2D eigenvalue weighted by Gasteiger charge is 2.41. The second kappa shape index (κ2) is 7.42. The summed E-state index contributed by atoms with van der Waals surface area (Å²) in [5.41, 5.74) is 2.43. The SMILES string of the molecule is O=C1c2ccccc2C(=O)N1C(Cc1cc2cccnc2[nH]1)OC1CCCCO1. The topological polar surface area (TPSA) is 84.5 Å². The number of rotatable bonds is 5. The smallest absolute Gasteiger partial charge is 0.263 e. The molecule has 0 bridgehead atoms. The third-order valence-corrected chi connectivity index (χ3v) is 5.40. The Kier molecular flexibility index (Phi) is 4.61. The van der Waals surface area contributed by atoms with Crippen LogP contribution in [0.5, 0.6) is 0 Å². The molecule has 4 heterocycles. The minimum absolute atomic E-state index is 0.333. The second-order valence-electron chi connectivity index (χ2n) is 7.35. The largest absolute Gasteiger partial charge is 0.353 e. The van der Waals surface area contributed by atoms with E-state index in [1.807, 2.05) is 18.2 Å². The number of imide groups is 1. The quantitative estimate of drug-likeness (QED) is 0.675. The Hall–Kier alpha value is -3.03. The van der Waals surface area contributed by atoms with Crippen LogP contribution in [0.3, 0.4) is 0 Å². The highest BCUT2D eigenvalue weighted by Crippen LogP contribution is 2.28. The minimum atomic E-state index is -0.765. The van der Waals surface area contributed by atoms with Gasteiger partial charge in [0.1, 0.15) is 11.9 Å². The summed E-state index contributed by atoms with van der Waals surface area (Å²) in [6.07, 6.45) is 3.59. The molecule has 2 unspecified atom stereocenters. The molecule has 1 aromatic carbocycles. The third kappa shape index (κ3) is 3.32. The molecule has 2 atom stereocenters. The first-order valence-corrected chi connectivity index (χ1v) is 9.87. The molecule has 0 radical (unpaired) electrons. The van der Waals surface area contributed by atoms with Crippen LogP contribution in [0.4, 0.5) is 0 Å². The molecule has 2 aliphatic heterocycles. The van der Waals surface area contributed by atoms with E-state index in [-0.39, 0.29) is 11.8 Å². The number of carbonyl (C=O) groups is 2. The van der Waals surface area contributed by atoms with Gasteiger partial charge in [0.2, 0.25) is 0 Å². The van der Waals surface area contributed by atoms with Gasteiger partial charge in [0.05, 0.1) is 11.1 Å². The van der Waals surface area contributed by atoms with E-state index in [1.165, 1.54) is 4.90 Å². The standard InChI is InChI=1S/C22H21N3O4/c26-21-16-7-1-2-8-17(16)22(27)25(21)18(29-19-9-3-4-11-28-19)13-15-12-14-6-5-10-23-20(14)24-15/h1-2,5-8,10,12,18-19H,3-4,9,11,13H2,(H,23,24). The second-order valence-corrected chi connectivity index (χ2v) is 7.35. The lowest BCUT2D eigenvalue weighted by molar-refractivity contribution is -0.206. The summed E-state index contributed by atoms with van der Waals surface area (Å²) >= 11 is 0. The fraction of sp³-hybridized carbons (Fsp3) is 0.318. The van der Waals surface area contributed by atoms with Gasteiger partial charge in [-0.25, -0.2) is 9.88 Å². The molecule has 0 spiro atoms. The lowest BCUT2D eigenvalue weighted by Crippen LogP contribution is -2.45. The fourth-order valence-electron chi connectivity index (χ4n) is 3.98. The van der Waals surface area contributed by atoms with E-state index in [2.05, 4.69) is 9.97 Å². The molecule has 1 fully saturated rings. The molecule has 3 aromatic rings. The van der Waals surface area contributed by atoms with Crippen LogP contribution < -0.4 is 0 Å². The number of hydrogen-bond donors (Lipinski definition) is 1. The molecule has 1 saturated heterocycles. The van der Waals surface area contributed by atoms with Crippen molar-refractivity contribution in [1.29, 1.82) is 0 Å². The molecule has 148 valence electrons. The first-order valence-electron chi connectivity index (χ1n) is 9.87. The Morgan fingerprint density at radius 2 is 1.93 bits per heavy atom. The molecule has 0 saturated carbocycles. The van der Waals surface area contributed by atoms with E-state index in [9.17, 15) is 9.59 Å². The summed E-state index contributed by atoms with van der Waals surface area (Å²) in [4.78, 5) is 34.8. The zero-order chi connectivity index (χ0) is 19.8. The lowest BCUT2D eigenvalue weighted by Gasteiger charge is -2.31. The van der Waals surface area contributed by atoms with Crippen LogP contribution in [0.1, 0.15) is 45.7 Å². The Morgan fingerprint density at radius 3 is 2.62 bits per heavy atom. The highest BCUT2D eigenvalue weighted by atomic mass is 16.7. The van der Waals surface area contributed by atoms with Gasteiger partial charge in [0.25, 0.3) is 11.8 Å². The van der Waals surface area contributed by atoms with Gasteiger partial charge in [-0.1, -0.05) is 12.1 Å². The summed E-state index contributed by atoms with van der Waals surface area (Å²) in [6, 6.07) is 12.7. The molecule has 2 amide bonds. The fourth-order valence-corrected chi connectivity index (χ4v) is 3.98. The van der Waals surface area contributed by atoms with Crippen LogP contribution >= 0.6 is 0 Å². The first-order chi connectivity index (χ1) is 14.2. The number of carbonyl (C=O) groups excluding carboxylic acids is 2. The number of aromatic nitrogens is 2. The maximum atomic E-state index is 13.0. The van der Waals surface area contributed by atoms with Crippen LogP contribution in [0.2, 0.25) is 0 Å². The Labute approximate surface area is 167 Å². The van der Waals surface area contributed by atoms with Gasteiger partial charge in [-0.05, 0) is 49.6 Å². The number of H-pyrrole nitrogens is 1. The van der Waals surface area contributed by atoms with Gasteiger partial charge < -0.3 is 14.5 Å². The predicted octanol–water partition coefficient (Wildman–Crippen LogP) is 3.27. The number of benzene rings is 1. The lowest BCUT2D eigenvalue weighted by atomic mass is 10.1. The molecular formula is C22H21N3O4. The van der Waals surface area contributed by atoms with Crippen LogP contribution in [0, 0.1) is 0 Å². The highest BCUT2D eigenvalue weighted by molar-refractivity contribution is 6.21. The number of nitrogens with one attached hydrogen (secondary N) is 1. The van der Waals surface area contributed by atoms with Crippen molar-refractivity contribution in [2.24, 2.45) is 0 Å². The molecule has 2 aliphatic rings. The average molecular weight is 391 g/mol. The summed E-state index contributed by atoms with van der Waals surface area (Å²) in [5, 5.41) is 0.970. The summed E-state index contributed by atoms with van der Waals surface area (Å²) in [6.45, 7) is 0.621. The first kappa shape index (κ1) is 18.0. The Bertz CT molecular complexity index is 1000. The van der Waals surface area contributed by atoms with Gasteiger partial charge >= 0.3 is 0 Å². The molecule has 1 N–H and O–H groups in total. The van der Waals surface area contributed by atoms with Gasteiger partial charge in [-0.15, -0.1) is 0 Å². The molecule has 0 aliphatic carbocycles. The minimum Gasteiger partial charge on any atom is -0.353 e. The van der Waals surface area contributed by atoms with Crippen molar-refractivity contribution in [3.8, 4) is 0 Å². The van der Waals surface area contributed by atoms with E-state index >= 15 is 0 Å². The molecule has 2 aromatic heterocycles. The molecule has 7 nitrogen and oxygen atoms in total. The summed E-state index contributed by atoms with van der Waals surface area (Å²) in [5.74, 6) is -0.665. The number of aromatic amines is 1. The molecule has 29 heavy (non-hydrogen) atoms. The van der Waals surface area contributed by atoms with Crippen LogP contribution in [0.25, 0.3) is 11.0 Å². The van der Waals surface area contributed by atoms with E-state index in [4.69, 9.17) is 9.47 Å². The zero-order valence-corrected chi connectivity index (χ0v) is 15.8. The summed E-state index contributed by atoms with van der Waals surface area (Å²) in [7, 11) is 0. The Morgan fingerprint density at radius 1 is 1.14 bits per heavy atom. The van der Waals surface area contributed by atoms with Crippen LogP contribution in [0.15, 0.2) is 48.7 Å². The molecule has 5 rings (SSSR count).